The third-order valence-electron chi connectivity index (χ3n) is 7.23. The molecule has 188 valence electrons. The van der Waals surface area contributed by atoms with E-state index < -0.39 is 6.09 Å². The number of methoxy groups -OCH3 is 1. The quantitative estimate of drug-likeness (QED) is 0.249. The highest BCUT2D eigenvalue weighted by molar-refractivity contribution is 5.93. The fourth-order valence-corrected chi connectivity index (χ4v) is 4.87. The summed E-state index contributed by atoms with van der Waals surface area (Å²) in [5, 5.41) is 8.73. The van der Waals surface area contributed by atoms with Crippen molar-refractivity contribution in [2.45, 2.75) is 90.1 Å². The van der Waals surface area contributed by atoms with Crippen LogP contribution in [0.2, 0.25) is 0 Å². The molecule has 3 rings (SSSR count). The highest BCUT2D eigenvalue weighted by Crippen LogP contribution is 2.50. The maximum absolute atomic E-state index is 10.6. The van der Waals surface area contributed by atoms with E-state index in [2.05, 4.69) is 38.8 Å². The van der Waals surface area contributed by atoms with Gasteiger partial charge in [0.15, 0.2) is 0 Å². The molecule has 3 fully saturated rings. The first-order valence-electron chi connectivity index (χ1n) is 12.4. The molecular formula is C26H45N3O4. The fraction of sp³-hybridized carbons (Fsp3) is 0.769. The van der Waals surface area contributed by atoms with E-state index in [1.165, 1.54) is 36.2 Å². The summed E-state index contributed by atoms with van der Waals surface area (Å²) in [6.07, 6.45) is 13.4. The van der Waals surface area contributed by atoms with Crippen LogP contribution in [-0.2, 0) is 9.47 Å². The van der Waals surface area contributed by atoms with Gasteiger partial charge in [-0.25, -0.2) is 4.79 Å². The number of nitrogens with zero attached hydrogens (tertiary/aromatic N) is 3. The first-order valence-corrected chi connectivity index (χ1v) is 12.4. The first kappa shape index (κ1) is 27.4. The van der Waals surface area contributed by atoms with E-state index >= 15 is 0 Å². The largest absolute Gasteiger partial charge is 0.465 e. The van der Waals surface area contributed by atoms with Crippen LogP contribution in [0.4, 0.5) is 4.79 Å². The molecule has 2 aliphatic heterocycles. The Morgan fingerprint density at radius 2 is 1.97 bits per heavy atom. The van der Waals surface area contributed by atoms with Gasteiger partial charge in [0.2, 0.25) is 0 Å². The summed E-state index contributed by atoms with van der Waals surface area (Å²) < 4.78 is 11.7. The molecular weight excluding hydrogens is 418 g/mol. The number of amidine groups is 1. The maximum Gasteiger partial charge on any atom is 0.407 e. The van der Waals surface area contributed by atoms with Crippen LogP contribution >= 0.6 is 0 Å². The second-order valence-electron chi connectivity index (χ2n) is 9.82. The van der Waals surface area contributed by atoms with E-state index in [1.54, 1.807) is 7.05 Å². The van der Waals surface area contributed by atoms with Gasteiger partial charge in [0, 0.05) is 40.2 Å². The number of amides is 1. The molecule has 33 heavy (non-hydrogen) atoms. The number of likely N-dealkylation sites (tertiary alicyclic amines) is 1. The topological polar surface area (TPSA) is 77.9 Å². The third kappa shape index (κ3) is 7.31. The number of ether oxygens (including phenoxy) is 2. The minimum atomic E-state index is -0.844. The van der Waals surface area contributed by atoms with Crippen LogP contribution < -0.4 is 0 Å². The van der Waals surface area contributed by atoms with Crippen molar-refractivity contribution in [1.82, 2.24) is 9.80 Å². The molecule has 0 spiro atoms. The van der Waals surface area contributed by atoms with Crippen molar-refractivity contribution in [3.8, 4) is 0 Å². The Morgan fingerprint density at radius 1 is 1.30 bits per heavy atom. The number of epoxide rings is 1. The van der Waals surface area contributed by atoms with E-state index in [1.807, 2.05) is 31.2 Å². The molecule has 7 nitrogen and oxygen atoms in total. The Kier molecular flexibility index (Phi) is 10.4. The lowest BCUT2D eigenvalue weighted by Crippen LogP contribution is -2.60. The first-order chi connectivity index (χ1) is 15.7. The summed E-state index contributed by atoms with van der Waals surface area (Å²) in [4.78, 5) is 18.2. The minimum Gasteiger partial charge on any atom is -0.465 e. The Balaban J connectivity index is 0.000000234. The standard InChI is InChI=1S/C15H26O2.C11H19N3O2/c1-11(2)9-10-14-15(3,17-14)12-7-5-6-8-13(12)16-4;1-4-5-6-10(12-2)13(3)9-7-14(8-9)11(15)16/h9,12-14H,5-8,10H2,1-4H3;5-6,9H,4,7-8H2,1-3H3,(H,15,16)/b;6-5-,12-10?. The number of likely N-dealkylation sites (N-methyl/N-ethyl adjacent to an activating group) is 1. The molecule has 1 aliphatic carbocycles. The monoisotopic (exact) mass is 463 g/mol. The summed E-state index contributed by atoms with van der Waals surface area (Å²) in [7, 11) is 5.55. The molecule has 1 N–H and O–H groups in total. The Morgan fingerprint density at radius 3 is 2.52 bits per heavy atom. The number of hydrogen-bond donors (Lipinski definition) is 1. The predicted molar refractivity (Wildman–Crippen MR) is 134 cm³/mol. The second-order valence-corrected chi connectivity index (χ2v) is 9.82. The molecule has 0 aromatic heterocycles. The van der Waals surface area contributed by atoms with Gasteiger partial charge in [-0.1, -0.05) is 37.5 Å². The van der Waals surface area contributed by atoms with Crippen molar-refractivity contribution in [2.24, 2.45) is 10.9 Å². The molecule has 7 heteroatoms. The van der Waals surface area contributed by atoms with Crippen LogP contribution in [-0.4, -0.2) is 85.0 Å². The highest BCUT2D eigenvalue weighted by Gasteiger charge is 2.58. The molecule has 2 heterocycles. The molecule has 0 aromatic rings. The zero-order chi connectivity index (χ0) is 24.6. The SMILES string of the molecule is CC/C=C\C(=NC)N(C)C1CN(C(=O)O)C1.COC1CCCCC1C1(C)OC1CC=C(C)C. The smallest absolute Gasteiger partial charge is 0.407 e. The van der Waals surface area contributed by atoms with Gasteiger partial charge in [0.1, 0.15) is 5.84 Å². The fourth-order valence-electron chi connectivity index (χ4n) is 4.87. The molecule has 4 atom stereocenters. The number of carbonyl (C=O) groups is 1. The van der Waals surface area contributed by atoms with E-state index in [9.17, 15) is 4.79 Å². The molecule has 4 unspecified atom stereocenters. The van der Waals surface area contributed by atoms with E-state index in [0.717, 1.165) is 18.7 Å². The van der Waals surface area contributed by atoms with Crippen molar-refractivity contribution in [2.75, 3.05) is 34.3 Å². The van der Waals surface area contributed by atoms with E-state index in [4.69, 9.17) is 14.6 Å². The number of hydrogen-bond acceptors (Lipinski definition) is 4. The maximum atomic E-state index is 10.6. The van der Waals surface area contributed by atoms with Crippen molar-refractivity contribution in [3.63, 3.8) is 0 Å². The Bertz CT molecular complexity index is 725. The van der Waals surface area contributed by atoms with Crippen LogP contribution in [0.3, 0.4) is 0 Å². The molecule has 1 amide bonds. The lowest BCUT2D eigenvalue weighted by atomic mass is 9.76. The average molecular weight is 464 g/mol. The summed E-state index contributed by atoms with van der Waals surface area (Å²) in [5.41, 5.74) is 1.46. The average Bonchev–Trinajstić information content (AvgIpc) is 3.43. The molecule has 0 radical (unpaired) electrons. The third-order valence-corrected chi connectivity index (χ3v) is 7.23. The van der Waals surface area contributed by atoms with Crippen LogP contribution in [0, 0.1) is 5.92 Å². The summed E-state index contributed by atoms with van der Waals surface area (Å²) in [6, 6.07) is 0.247. The highest BCUT2D eigenvalue weighted by atomic mass is 16.6. The number of carboxylic acid groups (broad SMARTS) is 1. The number of allylic oxidation sites excluding steroid dienone is 2. The second kappa shape index (κ2) is 12.6. The molecule has 0 aromatic carbocycles. The van der Waals surface area contributed by atoms with Gasteiger partial charge < -0.3 is 24.4 Å². The van der Waals surface area contributed by atoms with Crippen molar-refractivity contribution >= 4 is 11.9 Å². The van der Waals surface area contributed by atoms with Crippen molar-refractivity contribution in [1.29, 1.82) is 0 Å². The lowest BCUT2D eigenvalue weighted by Gasteiger charge is -2.43. The minimum absolute atomic E-state index is 0.0764. The Labute approximate surface area is 200 Å². The van der Waals surface area contributed by atoms with Crippen molar-refractivity contribution < 1.29 is 19.4 Å². The van der Waals surface area contributed by atoms with Crippen molar-refractivity contribution in [3.05, 3.63) is 23.8 Å². The van der Waals surface area contributed by atoms with Gasteiger partial charge >= 0.3 is 6.09 Å². The summed E-state index contributed by atoms with van der Waals surface area (Å²) in [6.45, 7) is 9.77. The molecule has 3 aliphatic rings. The van der Waals surface area contributed by atoms with Crippen LogP contribution in [0.15, 0.2) is 28.8 Å². The van der Waals surface area contributed by atoms with Crippen LogP contribution in [0.1, 0.15) is 66.2 Å². The number of rotatable bonds is 7. The van der Waals surface area contributed by atoms with E-state index in [-0.39, 0.29) is 11.6 Å². The zero-order valence-electron chi connectivity index (χ0n) is 21.7. The van der Waals surface area contributed by atoms with Gasteiger partial charge in [-0.15, -0.1) is 0 Å². The molecule has 1 saturated carbocycles. The van der Waals surface area contributed by atoms with E-state index in [0.29, 0.717) is 31.2 Å². The van der Waals surface area contributed by atoms with Crippen LogP contribution in [0.5, 0.6) is 0 Å². The molecule has 2 saturated heterocycles. The normalized spacial score (nSPS) is 29.7. The molecule has 0 bridgehead atoms. The predicted octanol–water partition coefficient (Wildman–Crippen LogP) is 4.98. The number of aliphatic imine (C=N–C) groups is 1. The summed E-state index contributed by atoms with van der Waals surface area (Å²) in [5.74, 6) is 1.49. The van der Waals surface area contributed by atoms with Gasteiger partial charge in [-0.05, 0) is 52.5 Å². The van der Waals surface area contributed by atoms with Gasteiger partial charge in [0.25, 0.3) is 0 Å². The zero-order valence-corrected chi connectivity index (χ0v) is 21.7. The van der Waals surface area contributed by atoms with Crippen LogP contribution in [0.25, 0.3) is 0 Å². The lowest BCUT2D eigenvalue weighted by molar-refractivity contribution is -0.00777. The Hall–Kier alpha value is -1.86. The van der Waals surface area contributed by atoms with Gasteiger partial charge in [0.05, 0.1) is 23.9 Å². The van der Waals surface area contributed by atoms with Gasteiger partial charge in [-0.2, -0.15) is 0 Å². The summed E-state index contributed by atoms with van der Waals surface area (Å²) >= 11 is 0. The van der Waals surface area contributed by atoms with Gasteiger partial charge in [-0.3, -0.25) is 4.99 Å².